The van der Waals surface area contributed by atoms with Gasteiger partial charge in [0, 0.05) is 11.0 Å². The van der Waals surface area contributed by atoms with Crippen LogP contribution in [-0.2, 0) is 5.41 Å². The van der Waals surface area contributed by atoms with Gasteiger partial charge in [-0.15, -0.1) is 0 Å². The molecule has 5 nitrogen and oxygen atoms in total. The average molecular weight is 310 g/mol. The lowest BCUT2D eigenvalue weighted by Gasteiger charge is -2.11. The molecule has 0 atom stereocenters. The molecule has 0 spiro atoms. The van der Waals surface area contributed by atoms with Crippen LogP contribution >= 0.6 is 0 Å². The van der Waals surface area contributed by atoms with E-state index in [1.165, 1.54) is 0 Å². The van der Waals surface area contributed by atoms with Crippen LogP contribution in [0, 0.1) is 0 Å². The number of fused-ring (bicyclic) bond motifs is 1. The van der Waals surface area contributed by atoms with E-state index in [1.54, 1.807) is 6.07 Å². The second kappa shape index (κ2) is 5.12. The fraction of sp³-hybridized carbons (Fsp3) is 0.222. The highest BCUT2D eigenvalue weighted by Crippen LogP contribution is 2.37. The smallest absolute Gasteiger partial charge is 0.338 e. The van der Waals surface area contributed by atoms with Crippen LogP contribution in [0.15, 0.2) is 40.8 Å². The zero-order chi connectivity index (χ0) is 16.8. The number of carbonyl (C=O) groups is 1. The van der Waals surface area contributed by atoms with Crippen LogP contribution in [0.1, 0.15) is 37.0 Å². The first-order valence-electron chi connectivity index (χ1n) is 7.31. The molecule has 5 heteroatoms. The molecule has 3 N–H and O–H groups in total. The van der Waals surface area contributed by atoms with Gasteiger partial charge in [0.2, 0.25) is 5.89 Å². The largest absolute Gasteiger partial charge is 0.478 e. The molecule has 0 aliphatic carbocycles. The maximum absolute atomic E-state index is 11.6. The molecule has 1 aromatic heterocycles. The molecule has 0 bridgehead atoms. The molecule has 3 aromatic rings. The molecule has 0 aliphatic rings. The molecular formula is C18H18N2O3. The van der Waals surface area contributed by atoms with Gasteiger partial charge < -0.3 is 15.3 Å². The summed E-state index contributed by atoms with van der Waals surface area (Å²) in [5, 5.41) is 9.53. The number of benzene rings is 2. The second-order valence-electron chi connectivity index (χ2n) is 6.50. The van der Waals surface area contributed by atoms with Crippen molar-refractivity contribution < 1.29 is 14.3 Å². The number of hydrogen-bond acceptors (Lipinski definition) is 4. The van der Waals surface area contributed by atoms with E-state index >= 15 is 0 Å². The minimum Gasteiger partial charge on any atom is -0.478 e. The Morgan fingerprint density at radius 1 is 1.22 bits per heavy atom. The number of hydrogen-bond donors (Lipinski definition) is 2. The molecule has 0 saturated heterocycles. The van der Waals surface area contributed by atoms with Crippen molar-refractivity contribution in [2.24, 2.45) is 0 Å². The van der Waals surface area contributed by atoms with Crippen molar-refractivity contribution in [1.29, 1.82) is 0 Å². The second-order valence-corrected chi connectivity index (χ2v) is 6.50. The fourth-order valence-corrected chi connectivity index (χ4v) is 2.44. The Morgan fingerprint density at radius 3 is 2.43 bits per heavy atom. The minimum atomic E-state index is -1.05. The normalized spacial score (nSPS) is 11.8. The number of aromatic carboxylic acids is 1. The van der Waals surface area contributed by atoms with Crippen molar-refractivity contribution in [2.45, 2.75) is 26.2 Å². The summed E-state index contributed by atoms with van der Waals surface area (Å²) >= 11 is 0. The maximum Gasteiger partial charge on any atom is 0.338 e. The summed E-state index contributed by atoms with van der Waals surface area (Å²) in [4.78, 5) is 16.0. The molecular weight excluding hydrogens is 292 g/mol. The van der Waals surface area contributed by atoms with Crippen molar-refractivity contribution in [3.8, 4) is 11.1 Å². The monoisotopic (exact) mass is 310 g/mol. The van der Waals surface area contributed by atoms with Gasteiger partial charge in [-0.2, -0.15) is 0 Å². The van der Waals surface area contributed by atoms with Gasteiger partial charge in [-0.1, -0.05) is 51.1 Å². The Labute approximate surface area is 133 Å². The van der Waals surface area contributed by atoms with Crippen molar-refractivity contribution in [3.05, 3.63) is 47.9 Å². The van der Waals surface area contributed by atoms with E-state index in [2.05, 4.69) is 4.98 Å². The number of aromatic nitrogens is 1. The van der Waals surface area contributed by atoms with E-state index in [4.69, 9.17) is 10.2 Å². The molecule has 0 amide bonds. The quantitative estimate of drug-likeness (QED) is 0.696. The SMILES string of the molecule is CC(C)(C)c1nc2c(C(=O)O)cc(-c3ccccc3)c(N)c2o1. The van der Waals surface area contributed by atoms with Crippen LogP contribution in [0.3, 0.4) is 0 Å². The van der Waals surface area contributed by atoms with E-state index in [9.17, 15) is 9.90 Å². The maximum atomic E-state index is 11.6. The first-order chi connectivity index (χ1) is 10.8. The minimum absolute atomic E-state index is 0.0901. The summed E-state index contributed by atoms with van der Waals surface area (Å²) in [6.07, 6.45) is 0. The molecule has 2 aromatic carbocycles. The first-order valence-corrected chi connectivity index (χ1v) is 7.31. The predicted octanol–water partition coefficient (Wildman–Crippen LogP) is 4.07. The van der Waals surface area contributed by atoms with Crippen molar-refractivity contribution in [3.63, 3.8) is 0 Å². The van der Waals surface area contributed by atoms with Gasteiger partial charge >= 0.3 is 5.97 Å². The van der Waals surface area contributed by atoms with E-state index in [-0.39, 0.29) is 11.0 Å². The number of nitrogen functional groups attached to an aromatic ring is 1. The van der Waals surface area contributed by atoms with Crippen molar-refractivity contribution in [2.75, 3.05) is 5.73 Å². The Morgan fingerprint density at radius 2 is 1.87 bits per heavy atom. The van der Waals surface area contributed by atoms with Gasteiger partial charge in [-0.25, -0.2) is 9.78 Å². The summed E-state index contributed by atoms with van der Waals surface area (Å²) in [5.41, 5.74) is 8.49. The number of anilines is 1. The van der Waals surface area contributed by atoms with Gasteiger partial charge in [0.05, 0.1) is 11.3 Å². The van der Waals surface area contributed by atoms with E-state index in [0.29, 0.717) is 28.2 Å². The molecule has 23 heavy (non-hydrogen) atoms. The van der Waals surface area contributed by atoms with Gasteiger partial charge in [-0.3, -0.25) is 0 Å². The zero-order valence-corrected chi connectivity index (χ0v) is 13.3. The third kappa shape index (κ3) is 2.54. The van der Waals surface area contributed by atoms with Gasteiger partial charge in [-0.05, 0) is 11.6 Å². The summed E-state index contributed by atoms with van der Waals surface area (Å²) in [7, 11) is 0. The average Bonchev–Trinajstić information content (AvgIpc) is 2.94. The first kappa shape index (κ1) is 15.1. The van der Waals surface area contributed by atoms with Gasteiger partial charge in [0.1, 0.15) is 5.52 Å². The van der Waals surface area contributed by atoms with Crippen LogP contribution in [0.25, 0.3) is 22.2 Å². The number of nitrogens with zero attached hydrogens (tertiary/aromatic N) is 1. The van der Waals surface area contributed by atoms with Crippen molar-refractivity contribution in [1.82, 2.24) is 4.98 Å². The highest BCUT2D eigenvalue weighted by atomic mass is 16.4. The number of carboxylic acids is 1. The van der Waals surface area contributed by atoms with Crippen molar-refractivity contribution >= 4 is 22.8 Å². The number of rotatable bonds is 2. The summed E-state index contributed by atoms with van der Waals surface area (Å²) in [6.45, 7) is 5.85. The molecule has 0 saturated carbocycles. The molecule has 3 rings (SSSR count). The summed E-state index contributed by atoms with van der Waals surface area (Å²) in [6, 6.07) is 11.0. The Kier molecular flexibility index (Phi) is 3.36. The van der Waals surface area contributed by atoms with Crippen LogP contribution < -0.4 is 5.73 Å². The standard InChI is InChI=1S/C18H18N2O3/c1-18(2,3)17-20-14-12(16(21)22)9-11(13(19)15(14)23-17)10-7-5-4-6-8-10/h4-9H,19H2,1-3H3,(H,21,22). The highest BCUT2D eigenvalue weighted by molar-refractivity contribution is 6.07. The lowest BCUT2D eigenvalue weighted by Crippen LogP contribution is -2.11. The summed E-state index contributed by atoms with van der Waals surface area (Å²) in [5.74, 6) is -0.590. The molecule has 0 radical (unpaired) electrons. The lowest BCUT2D eigenvalue weighted by molar-refractivity contribution is 0.0699. The number of carboxylic acid groups (broad SMARTS) is 1. The third-order valence-electron chi connectivity index (χ3n) is 3.66. The topological polar surface area (TPSA) is 89.3 Å². The number of nitrogens with two attached hydrogens (primary N) is 1. The Balaban J connectivity index is 2.37. The lowest BCUT2D eigenvalue weighted by atomic mass is 9.97. The molecule has 1 heterocycles. The van der Waals surface area contributed by atoms with Crippen LogP contribution in [-0.4, -0.2) is 16.1 Å². The molecule has 0 fully saturated rings. The van der Waals surface area contributed by atoms with Crippen LogP contribution in [0.5, 0.6) is 0 Å². The van der Waals surface area contributed by atoms with E-state index < -0.39 is 5.97 Å². The highest BCUT2D eigenvalue weighted by Gasteiger charge is 2.26. The molecule has 0 aliphatic heterocycles. The third-order valence-corrected chi connectivity index (χ3v) is 3.66. The zero-order valence-electron chi connectivity index (χ0n) is 13.3. The van der Waals surface area contributed by atoms with Gasteiger partial charge in [0.25, 0.3) is 0 Å². The Bertz CT molecular complexity index is 890. The number of oxazole rings is 1. The van der Waals surface area contributed by atoms with E-state index in [1.807, 2.05) is 51.1 Å². The predicted molar refractivity (Wildman–Crippen MR) is 89.5 cm³/mol. The summed E-state index contributed by atoms with van der Waals surface area (Å²) < 4.78 is 5.82. The molecule has 0 unspecified atom stereocenters. The van der Waals surface area contributed by atoms with Crippen LogP contribution in [0.4, 0.5) is 5.69 Å². The van der Waals surface area contributed by atoms with Crippen LogP contribution in [0.2, 0.25) is 0 Å². The fourth-order valence-electron chi connectivity index (χ4n) is 2.44. The van der Waals surface area contributed by atoms with E-state index in [0.717, 1.165) is 5.56 Å². The van der Waals surface area contributed by atoms with Gasteiger partial charge in [0.15, 0.2) is 5.58 Å². The Hall–Kier alpha value is -2.82. The molecule has 118 valence electrons.